The smallest absolute Gasteiger partial charge is 0.384 e. The van der Waals surface area contributed by atoms with E-state index in [0.717, 1.165) is 12.1 Å². The summed E-state index contributed by atoms with van der Waals surface area (Å²) in [6, 6.07) is 1.86. The van der Waals surface area contributed by atoms with Crippen molar-refractivity contribution in [1.29, 1.82) is 0 Å². The molecule has 4 nitrogen and oxygen atoms in total. The Labute approximate surface area is 116 Å². The van der Waals surface area contributed by atoms with Crippen molar-refractivity contribution in [2.24, 2.45) is 5.92 Å². The maximum atomic E-state index is 12.8. The topological polar surface area (TPSA) is 51.4 Å². The number of anilines is 2. The third-order valence-corrected chi connectivity index (χ3v) is 2.63. The van der Waals surface area contributed by atoms with E-state index in [9.17, 15) is 13.2 Å². The molecule has 1 aromatic heterocycles. The average Bonchev–Trinajstić information content (AvgIpc) is 2.32. The third kappa shape index (κ3) is 4.88. The van der Waals surface area contributed by atoms with E-state index in [-0.39, 0.29) is 17.6 Å². The molecular formula is C13H20F3N3O. The lowest BCUT2D eigenvalue weighted by atomic mass is 10.2. The Hall–Kier alpha value is -1.50. The van der Waals surface area contributed by atoms with Crippen molar-refractivity contribution in [3.8, 4) is 0 Å². The van der Waals surface area contributed by atoms with Crippen LogP contribution in [-0.2, 0) is 10.9 Å². The van der Waals surface area contributed by atoms with Gasteiger partial charge < -0.3 is 15.4 Å². The maximum Gasteiger partial charge on any atom is 0.416 e. The third-order valence-electron chi connectivity index (χ3n) is 2.63. The Morgan fingerprint density at radius 3 is 2.50 bits per heavy atom. The van der Waals surface area contributed by atoms with Gasteiger partial charge in [0, 0.05) is 20.2 Å². The highest BCUT2D eigenvalue weighted by molar-refractivity contribution is 5.49. The fraction of sp³-hybridized carbons (Fsp3) is 0.615. The molecule has 0 radical (unpaired) electrons. The molecule has 0 unspecified atom stereocenters. The largest absolute Gasteiger partial charge is 0.416 e. The Morgan fingerprint density at radius 2 is 2.00 bits per heavy atom. The Kier molecular flexibility index (Phi) is 5.62. The lowest BCUT2D eigenvalue weighted by molar-refractivity contribution is -0.137. The summed E-state index contributed by atoms with van der Waals surface area (Å²) in [4.78, 5) is 5.75. The molecule has 0 aromatic carbocycles. The molecule has 1 rings (SSSR count). The lowest BCUT2D eigenvalue weighted by Gasteiger charge is -2.26. The van der Waals surface area contributed by atoms with E-state index in [2.05, 4.69) is 4.98 Å². The zero-order valence-electron chi connectivity index (χ0n) is 11.9. The van der Waals surface area contributed by atoms with Gasteiger partial charge in [0.1, 0.15) is 11.6 Å². The fourth-order valence-electron chi connectivity index (χ4n) is 1.80. The number of ether oxygens (including phenoxy) is 1. The SMILES string of the molecule is COCCN(CC(C)C)c1cc(C(F)(F)F)cc(N)n1. The number of rotatable bonds is 6. The highest BCUT2D eigenvalue weighted by Crippen LogP contribution is 2.32. The van der Waals surface area contributed by atoms with Crippen LogP contribution < -0.4 is 10.6 Å². The predicted octanol–water partition coefficient (Wildman–Crippen LogP) is 2.79. The van der Waals surface area contributed by atoms with E-state index in [1.54, 1.807) is 12.0 Å². The summed E-state index contributed by atoms with van der Waals surface area (Å²) in [7, 11) is 1.54. The van der Waals surface area contributed by atoms with Gasteiger partial charge in [-0.25, -0.2) is 4.98 Å². The molecule has 0 amide bonds. The van der Waals surface area contributed by atoms with Crippen LogP contribution in [0.4, 0.5) is 24.8 Å². The van der Waals surface area contributed by atoms with E-state index in [4.69, 9.17) is 10.5 Å². The van der Waals surface area contributed by atoms with Crippen LogP contribution in [0.15, 0.2) is 12.1 Å². The molecule has 0 aliphatic carbocycles. The maximum absolute atomic E-state index is 12.8. The molecule has 0 saturated heterocycles. The minimum atomic E-state index is -4.43. The van der Waals surface area contributed by atoms with Crippen LogP contribution in [0.3, 0.4) is 0 Å². The second-order valence-electron chi connectivity index (χ2n) is 4.97. The van der Waals surface area contributed by atoms with Gasteiger partial charge in [0.05, 0.1) is 12.2 Å². The van der Waals surface area contributed by atoms with Crippen molar-refractivity contribution in [2.75, 3.05) is 37.4 Å². The van der Waals surface area contributed by atoms with Gasteiger partial charge in [-0.3, -0.25) is 0 Å². The molecule has 7 heteroatoms. The fourth-order valence-corrected chi connectivity index (χ4v) is 1.80. The van der Waals surface area contributed by atoms with Gasteiger partial charge >= 0.3 is 6.18 Å². The summed E-state index contributed by atoms with van der Waals surface area (Å²) in [6.45, 7) is 5.41. The molecule has 0 fully saturated rings. The molecular weight excluding hydrogens is 271 g/mol. The monoisotopic (exact) mass is 291 g/mol. The summed E-state index contributed by atoms with van der Waals surface area (Å²) in [5.41, 5.74) is 4.70. The van der Waals surface area contributed by atoms with Crippen molar-refractivity contribution >= 4 is 11.6 Å². The summed E-state index contributed by atoms with van der Waals surface area (Å²) in [5, 5.41) is 0. The van der Waals surface area contributed by atoms with Crippen molar-refractivity contribution < 1.29 is 17.9 Å². The molecule has 114 valence electrons. The standard InChI is InChI=1S/C13H20F3N3O/c1-9(2)8-19(4-5-20-3)12-7-10(13(14,15)16)6-11(17)18-12/h6-7,9H,4-5,8H2,1-3H3,(H2,17,18). The number of pyridine rings is 1. The summed E-state index contributed by atoms with van der Waals surface area (Å²) < 4.78 is 43.4. The highest BCUT2D eigenvalue weighted by atomic mass is 19.4. The van der Waals surface area contributed by atoms with Crippen LogP contribution in [0.25, 0.3) is 0 Å². The number of hydrogen-bond donors (Lipinski definition) is 1. The molecule has 0 aliphatic heterocycles. The molecule has 1 aromatic rings. The minimum absolute atomic E-state index is 0.138. The van der Waals surface area contributed by atoms with E-state index in [1.165, 1.54) is 0 Å². The first-order chi connectivity index (χ1) is 9.24. The first kappa shape index (κ1) is 16.6. The number of methoxy groups -OCH3 is 1. The summed E-state index contributed by atoms with van der Waals surface area (Å²) >= 11 is 0. The molecule has 2 N–H and O–H groups in total. The zero-order chi connectivity index (χ0) is 15.3. The molecule has 0 aliphatic rings. The number of nitrogens with two attached hydrogens (primary N) is 1. The highest BCUT2D eigenvalue weighted by Gasteiger charge is 2.32. The van der Waals surface area contributed by atoms with E-state index in [1.807, 2.05) is 13.8 Å². The Morgan fingerprint density at radius 1 is 1.35 bits per heavy atom. The van der Waals surface area contributed by atoms with Crippen LogP contribution in [0, 0.1) is 5.92 Å². The second kappa shape index (κ2) is 6.78. The Balaban J connectivity index is 3.08. The number of hydrogen-bond acceptors (Lipinski definition) is 4. The number of nitrogen functional groups attached to an aromatic ring is 1. The van der Waals surface area contributed by atoms with Crippen molar-refractivity contribution in [3.63, 3.8) is 0 Å². The predicted molar refractivity (Wildman–Crippen MR) is 72.6 cm³/mol. The summed E-state index contributed by atoms with van der Waals surface area (Å²) in [5.74, 6) is 0.369. The van der Waals surface area contributed by atoms with Gasteiger partial charge in [0.25, 0.3) is 0 Å². The minimum Gasteiger partial charge on any atom is -0.384 e. The van der Waals surface area contributed by atoms with Crippen molar-refractivity contribution in [1.82, 2.24) is 4.98 Å². The van der Waals surface area contributed by atoms with Gasteiger partial charge in [-0.2, -0.15) is 13.2 Å². The number of aromatic nitrogens is 1. The normalized spacial score (nSPS) is 11.9. The number of halogens is 3. The van der Waals surface area contributed by atoms with Crippen LogP contribution in [0.2, 0.25) is 0 Å². The first-order valence-electron chi connectivity index (χ1n) is 6.32. The van der Waals surface area contributed by atoms with Gasteiger partial charge in [-0.1, -0.05) is 13.8 Å². The summed E-state index contributed by atoms with van der Waals surface area (Å²) in [6.07, 6.45) is -4.43. The van der Waals surface area contributed by atoms with E-state index < -0.39 is 11.7 Å². The Bertz CT molecular complexity index is 435. The van der Waals surface area contributed by atoms with E-state index >= 15 is 0 Å². The van der Waals surface area contributed by atoms with Crippen LogP contribution in [0.1, 0.15) is 19.4 Å². The molecule has 0 saturated carbocycles. The first-order valence-corrected chi connectivity index (χ1v) is 6.32. The van der Waals surface area contributed by atoms with Gasteiger partial charge in [-0.15, -0.1) is 0 Å². The van der Waals surface area contributed by atoms with Gasteiger partial charge in [-0.05, 0) is 18.1 Å². The van der Waals surface area contributed by atoms with Crippen LogP contribution in [-0.4, -0.2) is 31.8 Å². The van der Waals surface area contributed by atoms with Gasteiger partial charge in [0.2, 0.25) is 0 Å². The quantitative estimate of drug-likeness (QED) is 0.875. The molecule has 0 atom stereocenters. The molecule has 20 heavy (non-hydrogen) atoms. The number of alkyl halides is 3. The zero-order valence-corrected chi connectivity index (χ0v) is 11.9. The van der Waals surface area contributed by atoms with E-state index in [0.29, 0.717) is 19.7 Å². The van der Waals surface area contributed by atoms with Crippen LogP contribution >= 0.6 is 0 Å². The van der Waals surface area contributed by atoms with Crippen LogP contribution in [0.5, 0.6) is 0 Å². The molecule has 0 bridgehead atoms. The van der Waals surface area contributed by atoms with Gasteiger partial charge in [0.15, 0.2) is 0 Å². The molecule has 1 heterocycles. The number of nitrogens with zero attached hydrogens (tertiary/aromatic N) is 2. The van der Waals surface area contributed by atoms with Crippen molar-refractivity contribution in [3.05, 3.63) is 17.7 Å². The van der Waals surface area contributed by atoms with Crippen molar-refractivity contribution in [2.45, 2.75) is 20.0 Å². The average molecular weight is 291 g/mol. The second-order valence-corrected chi connectivity index (χ2v) is 4.97. The molecule has 0 spiro atoms. The lowest BCUT2D eigenvalue weighted by Crippen LogP contribution is -2.32.